The van der Waals surface area contributed by atoms with Crippen LogP contribution in [-0.2, 0) is 4.79 Å². The van der Waals surface area contributed by atoms with Crippen molar-refractivity contribution in [2.24, 2.45) is 0 Å². The zero-order chi connectivity index (χ0) is 12.0. The maximum absolute atomic E-state index is 13.1. The second-order valence-corrected chi connectivity index (χ2v) is 3.37. The fourth-order valence-corrected chi connectivity index (χ4v) is 1.28. The first-order valence-electron chi connectivity index (χ1n) is 5.01. The van der Waals surface area contributed by atoms with Crippen LogP contribution in [0.5, 0.6) is 0 Å². The van der Waals surface area contributed by atoms with E-state index in [2.05, 4.69) is 5.32 Å². The molecule has 0 saturated heterocycles. The Morgan fingerprint density at radius 1 is 1.25 bits per heavy atom. The summed E-state index contributed by atoms with van der Waals surface area (Å²) in [5.74, 6) is -2.14. The molecule has 1 aromatic rings. The normalized spacial score (nSPS) is 10.1. The van der Waals surface area contributed by atoms with Crippen molar-refractivity contribution in [2.45, 2.75) is 19.3 Å². The van der Waals surface area contributed by atoms with Crippen LogP contribution in [0.25, 0.3) is 0 Å². The van der Waals surface area contributed by atoms with E-state index in [1.54, 1.807) is 0 Å². The van der Waals surface area contributed by atoms with Crippen LogP contribution < -0.4 is 5.32 Å². The van der Waals surface area contributed by atoms with Crippen molar-refractivity contribution in [1.29, 1.82) is 0 Å². The molecular formula is C11H13F2NO2. The van der Waals surface area contributed by atoms with E-state index < -0.39 is 17.6 Å². The minimum absolute atomic E-state index is 0.0709. The van der Waals surface area contributed by atoms with Gasteiger partial charge in [-0.05, 0) is 25.0 Å². The molecule has 16 heavy (non-hydrogen) atoms. The van der Waals surface area contributed by atoms with Crippen molar-refractivity contribution in [3.05, 3.63) is 29.8 Å². The van der Waals surface area contributed by atoms with Crippen LogP contribution in [0.1, 0.15) is 19.3 Å². The minimum atomic E-state index is -0.864. The van der Waals surface area contributed by atoms with Crippen LogP contribution in [0.3, 0.4) is 0 Å². The van der Waals surface area contributed by atoms with Crippen molar-refractivity contribution >= 4 is 11.7 Å². The van der Waals surface area contributed by atoms with Crippen molar-refractivity contribution in [3.8, 4) is 0 Å². The third-order valence-corrected chi connectivity index (χ3v) is 2.08. The fourth-order valence-electron chi connectivity index (χ4n) is 1.28. The van der Waals surface area contributed by atoms with Gasteiger partial charge in [0.25, 0.3) is 0 Å². The fraction of sp³-hybridized carbons (Fsp3) is 0.364. The van der Waals surface area contributed by atoms with E-state index in [4.69, 9.17) is 5.11 Å². The van der Waals surface area contributed by atoms with Gasteiger partial charge >= 0.3 is 5.97 Å². The van der Waals surface area contributed by atoms with E-state index in [0.717, 1.165) is 0 Å². The Bertz CT molecular complexity index is 349. The Balaban J connectivity index is 2.34. The van der Waals surface area contributed by atoms with Gasteiger partial charge in [-0.2, -0.15) is 0 Å². The van der Waals surface area contributed by atoms with E-state index in [1.807, 2.05) is 0 Å². The molecule has 0 aromatic heterocycles. The van der Waals surface area contributed by atoms with Gasteiger partial charge < -0.3 is 10.4 Å². The molecule has 0 saturated carbocycles. The molecule has 0 aliphatic heterocycles. The van der Waals surface area contributed by atoms with E-state index in [-0.39, 0.29) is 12.1 Å². The maximum atomic E-state index is 13.1. The molecule has 5 heteroatoms. The van der Waals surface area contributed by atoms with E-state index in [1.165, 1.54) is 18.2 Å². The molecule has 0 radical (unpaired) electrons. The molecule has 0 aliphatic carbocycles. The molecule has 0 heterocycles. The largest absolute Gasteiger partial charge is 0.481 e. The third-order valence-electron chi connectivity index (χ3n) is 2.08. The molecule has 0 atom stereocenters. The lowest BCUT2D eigenvalue weighted by atomic mass is 10.2. The summed E-state index contributed by atoms with van der Waals surface area (Å²) in [6.45, 7) is 0.352. The van der Waals surface area contributed by atoms with Crippen LogP contribution in [0.15, 0.2) is 18.2 Å². The SMILES string of the molecule is O=C(O)CCCCNc1c(F)cccc1F. The Hall–Kier alpha value is -1.65. The maximum Gasteiger partial charge on any atom is 0.303 e. The molecule has 0 unspecified atom stereocenters. The number of rotatable bonds is 6. The lowest BCUT2D eigenvalue weighted by molar-refractivity contribution is -0.137. The summed E-state index contributed by atoms with van der Waals surface area (Å²) in [6.07, 6.45) is 1.11. The zero-order valence-corrected chi connectivity index (χ0v) is 8.67. The van der Waals surface area contributed by atoms with Crippen LogP contribution in [0.2, 0.25) is 0 Å². The van der Waals surface area contributed by atoms with Gasteiger partial charge in [0.1, 0.15) is 17.3 Å². The second kappa shape index (κ2) is 6.05. The average Bonchev–Trinajstić information content (AvgIpc) is 2.21. The molecule has 3 nitrogen and oxygen atoms in total. The molecule has 1 rings (SSSR count). The summed E-state index contributed by atoms with van der Waals surface area (Å²) in [5.41, 5.74) is -0.155. The van der Waals surface area contributed by atoms with Crippen LogP contribution in [0, 0.1) is 11.6 Å². The van der Waals surface area contributed by atoms with Crippen molar-refractivity contribution in [1.82, 2.24) is 0 Å². The second-order valence-electron chi connectivity index (χ2n) is 3.37. The summed E-state index contributed by atoms with van der Waals surface area (Å²) >= 11 is 0. The predicted octanol–water partition coefficient (Wildman–Crippen LogP) is 2.63. The van der Waals surface area contributed by atoms with Crippen molar-refractivity contribution < 1.29 is 18.7 Å². The number of aliphatic carboxylic acids is 1. The number of carboxylic acid groups (broad SMARTS) is 1. The highest BCUT2D eigenvalue weighted by molar-refractivity contribution is 5.66. The molecule has 0 amide bonds. The van der Waals surface area contributed by atoms with Gasteiger partial charge in [-0.15, -0.1) is 0 Å². The molecule has 0 fully saturated rings. The van der Waals surface area contributed by atoms with Gasteiger partial charge in [0.15, 0.2) is 0 Å². The molecule has 88 valence electrons. The minimum Gasteiger partial charge on any atom is -0.481 e. The molecule has 0 aliphatic rings. The zero-order valence-electron chi connectivity index (χ0n) is 8.67. The van der Waals surface area contributed by atoms with Gasteiger partial charge in [0.2, 0.25) is 0 Å². The first-order valence-corrected chi connectivity index (χ1v) is 5.01. The molecular weight excluding hydrogens is 216 g/mol. The Kier molecular flexibility index (Phi) is 4.69. The average molecular weight is 229 g/mol. The number of carbonyl (C=O) groups is 1. The third kappa shape index (κ3) is 3.84. The number of para-hydroxylation sites is 1. The van der Waals surface area contributed by atoms with Crippen LogP contribution in [-0.4, -0.2) is 17.6 Å². The summed E-state index contributed by atoms with van der Waals surface area (Å²) in [5, 5.41) is 11.0. The Labute approximate surface area is 92.1 Å². The Morgan fingerprint density at radius 3 is 2.44 bits per heavy atom. The first-order chi connectivity index (χ1) is 7.61. The number of halogens is 2. The molecule has 0 bridgehead atoms. The summed E-state index contributed by atoms with van der Waals surface area (Å²) in [6, 6.07) is 3.63. The van der Waals surface area contributed by atoms with Crippen molar-refractivity contribution in [3.63, 3.8) is 0 Å². The van der Waals surface area contributed by atoms with E-state index in [9.17, 15) is 13.6 Å². The van der Waals surface area contributed by atoms with Gasteiger partial charge in [-0.3, -0.25) is 4.79 Å². The van der Waals surface area contributed by atoms with E-state index in [0.29, 0.717) is 19.4 Å². The lowest BCUT2D eigenvalue weighted by Crippen LogP contribution is -2.06. The van der Waals surface area contributed by atoms with E-state index >= 15 is 0 Å². The van der Waals surface area contributed by atoms with Crippen LogP contribution >= 0.6 is 0 Å². The number of anilines is 1. The number of benzene rings is 1. The highest BCUT2D eigenvalue weighted by Crippen LogP contribution is 2.17. The first kappa shape index (κ1) is 12.4. The van der Waals surface area contributed by atoms with Crippen LogP contribution in [0.4, 0.5) is 14.5 Å². The summed E-state index contributed by atoms with van der Waals surface area (Å²) in [7, 11) is 0. The number of nitrogens with one attached hydrogen (secondary N) is 1. The highest BCUT2D eigenvalue weighted by Gasteiger charge is 2.06. The lowest BCUT2D eigenvalue weighted by Gasteiger charge is -2.07. The van der Waals surface area contributed by atoms with Gasteiger partial charge in [0, 0.05) is 13.0 Å². The van der Waals surface area contributed by atoms with Gasteiger partial charge in [0.05, 0.1) is 0 Å². The predicted molar refractivity (Wildman–Crippen MR) is 56.3 cm³/mol. The van der Waals surface area contributed by atoms with Gasteiger partial charge in [-0.25, -0.2) is 8.78 Å². The quantitative estimate of drug-likeness (QED) is 0.737. The summed E-state index contributed by atoms with van der Waals surface area (Å²) in [4.78, 5) is 10.2. The van der Waals surface area contributed by atoms with Crippen molar-refractivity contribution in [2.75, 3.05) is 11.9 Å². The number of hydrogen-bond acceptors (Lipinski definition) is 2. The monoisotopic (exact) mass is 229 g/mol. The highest BCUT2D eigenvalue weighted by atomic mass is 19.1. The smallest absolute Gasteiger partial charge is 0.303 e. The topological polar surface area (TPSA) is 49.3 Å². The number of carboxylic acids is 1. The molecule has 0 spiro atoms. The molecule has 1 aromatic carbocycles. The van der Waals surface area contributed by atoms with Gasteiger partial charge in [-0.1, -0.05) is 6.07 Å². The number of unbranched alkanes of at least 4 members (excludes halogenated alkanes) is 1. The molecule has 2 N–H and O–H groups in total. The Morgan fingerprint density at radius 2 is 1.88 bits per heavy atom. The number of hydrogen-bond donors (Lipinski definition) is 2. The summed E-state index contributed by atoms with van der Waals surface area (Å²) < 4.78 is 26.2. The standard InChI is InChI=1S/C11H13F2NO2/c12-8-4-3-5-9(13)11(8)14-7-2-1-6-10(15)16/h3-5,14H,1-2,6-7H2,(H,15,16).